The van der Waals surface area contributed by atoms with Crippen molar-refractivity contribution in [3.63, 3.8) is 0 Å². The first kappa shape index (κ1) is 6.30. The van der Waals surface area contributed by atoms with Gasteiger partial charge in [0.25, 0.3) is 5.95 Å². The van der Waals surface area contributed by atoms with Crippen LogP contribution in [0, 0.1) is 0 Å². The zero-order valence-electron chi connectivity index (χ0n) is 4.09. The van der Waals surface area contributed by atoms with E-state index in [9.17, 15) is 0 Å². The van der Waals surface area contributed by atoms with Gasteiger partial charge < -0.3 is 14.9 Å². The molecule has 0 aliphatic carbocycles. The number of hydrogen-bond acceptors (Lipinski definition) is 3. The summed E-state index contributed by atoms with van der Waals surface area (Å²) in [5, 5.41) is 16.4. The molecule has 2 N–H and O–H groups in total. The summed E-state index contributed by atoms with van der Waals surface area (Å²) in [6.45, 7) is -0.195. The van der Waals surface area contributed by atoms with Gasteiger partial charge >= 0.3 is 0 Å². The van der Waals surface area contributed by atoms with Crippen molar-refractivity contribution in [1.29, 1.82) is 0 Å². The second kappa shape index (κ2) is 3.49. The van der Waals surface area contributed by atoms with E-state index in [0.29, 0.717) is 0 Å². The molecule has 0 saturated carbocycles. The Bertz CT molecular complexity index is 67.3. The highest BCUT2D eigenvalue weighted by Gasteiger charge is 1.81. The molecule has 42 valence electrons. The fraction of sp³-hybridized carbons (Fsp3) is 0.500. The Labute approximate surface area is 41.8 Å². The monoisotopic (exact) mass is 104 g/mol. The highest BCUT2D eigenvalue weighted by atomic mass is 16.6. The van der Waals surface area contributed by atoms with Gasteiger partial charge in [0, 0.05) is 6.08 Å². The number of methoxy groups -OCH3 is 1. The Morgan fingerprint density at radius 2 is 2.43 bits per heavy atom. The first-order chi connectivity index (χ1) is 3.31. The third-order valence-corrected chi connectivity index (χ3v) is 0.475. The predicted molar refractivity (Wildman–Crippen MR) is 24.8 cm³/mol. The molecule has 0 spiro atoms. The first-order valence-corrected chi connectivity index (χ1v) is 1.85. The van der Waals surface area contributed by atoms with Gasteiger partial charge in [-0.15, -0.1) is 0 Å². The van der Waals surface area contributed by atoms with Gasteiger partial charge in [0.05, 0.1) is 13.7 Å². The van der Waals surface area contributed by atoms with Gasteiger partial charge in [-0.3, -0.25) is 0 Å². The summed E-state index contributed by atoms with van der Waals surface area (Å²) >= 11 is 0. The molecule has 0 aliphatic heterocycles. The molecule has 0 fully saturated rings. The van der Waals surface area contributed by atoms with E-state index >= 15 is 0 Å². The van der Waals surface area contributed by atoms with E-state index in [1.54, 1.807) is 0 Å². The quantitative estimate of drug-likeness (QED) is 0.486. The summed E-state index contributed by atoms with van der Waals surface area (Å²) in [6, 6.07) is 0. The largest absolute Gasteiger partial charge is 0.481 e. The van der Waals surface area contributed by atoms with E-state index in [2.05, 4.69) is 4.74 Å². The molecule has 0 aliphatic rings. The fourth-order valence-electron chi connectivity index (χ4n) is 0.161. The van der Waals surface area contributed by atoms with Gasteiger partial charge in [0.15, 0.2) is 0 Å². The van der Waals surface area contributed by atoms with E-state index in [4.69, 9.17) is 10.2 Å². The summed E-state index contributed by atoms with van der Waals surface area (Å²) in [5.41, 5.74) is 0. The Morgan fingerprint density at radius 1 is 1.86 bits per heavy atom. The van der Waals surface area contributed by atoms with Crippen LogP contribution in [0.2, 0.25) is 0 Å². The van der Waals surface area contributed by atoms with Crippen LogP contribution in [-0.2, 0) is 4.74 Å². The third kappa shape index (κ3) is 3.12. The third-order valence-electron chi connectivity index (χ3n) is 0.475. The van der Waals surface area contributed by atoms with Crippen LogP contribution < -0.4 is 0 Å². The molecule has 0 heterocycles. The van der Waals surface area contributed by atoms with Crippen molar-refractivity contribution >= 4 is 0 Å². The molecule has 7 heavy (non-hydrogen) atoms. The number of aliphatic hydroxyl groups is 2. The van der Waals surface area contributed by atoms with Gasteiger partial charge in [-0.05, 0) is 0 Å². The van der Waals surface area contributed by atoms with Crippen LogP contribution in [0.3, 0.4) is 0 Å². The van der Waals surface area contributed by atoms with Gasteiger partial charge in [-0.2, -0.15) is 0 Å². The topological polar surface area (TPSA) is 49.7 Å². The summed E-state index contributed by atoms with van der Waals surface area (Å²) in [6.07, 6.45) is 1.15. The van der Waals surface area contributed by atoms with E-state index in [-0.39, 0.29) is 12.6 Å². The molecule has 3 heteroatoms. The number of ether oxygens (including phenoxy) is 1. The summed E-state index contributed by atoms with van der Waals surface area (Å²) in [5.74, 6) is -0.248. The first-order valence-electron chi connectivity index (χ1n) is 1.85. The molecular formula is C4H8O3. The van der Waals surface area contributed by atoms with Crippen LogP contribution >= 0.6 is 0 Å². The van der Waals surface area contributed by atoms with E-state index < -0.39 is 0 Å². The van der Waals surface area contributed by atoms with E-state index in [1.807, 2.05) is 0 Å². The highest BCUT2D eigenvalue weighted by molar-refractivity contribution is 4.79. The van der Waals surface area contributed by atoms with Gasteiger partial charge in [-0.1, -0.05) is 0 Å². The lowest BCUT2D eigenvalue weighted by molar-refractivity contribution is 0.131. The second-order valence-corrected chi connectivity index (χ2v) is 0.929. The van der Waals surface area contributed by atoms with Crippen molar-refractivity contribution in [3.8, 4) is 0 Å². The van der Waals surface area contributed by atoms with Crippen LogP contribution in [0.1, 0.15) is 0 Å². The lowest BCUT2D eigenvalue weighted by atomic mass is 10.6. The molecule has 0 aromatic carbocycles. The predicted octanol–water partition coefficient (Wildman–Crippen LogP) is 0.0245. The van der Waals surface area contributed by atoms with Crippen molar-refractivity contribution in [1.82, 2.24) is 0 Å². The van der Waals surface area contributed by atoms with Gasteiger partial charge in [0.2, 0.25) is 0 Å². The minimum absolute atomic E-state index is 0.195. The highest BCUT2D eigenvalue weighted by Crippen LogP contribution is 1.83. The normalized spacial score (nSPS) is 11.4. The van der Waals surface area contributed by atoms with E-state index in [0.717, 1.165) is 6.08 Å². The molecule has 0 aromatic rings. The molecule has 0 bridgehead atoms. The van der Waals surface area contributed by atoms with Crippen LogP contribution in [0.15, 0.2) is 12.0 Å². The molecule has 0 rings (SSSR count). The zero-order chi connectivity index (χ0) is 5.70. The maximum absolute atomic E-state index is 8.34. The van der Waals surface area contributed by atoms with Crippen LogP contribution in [0.5, 0.6) is 0 Å². The second-order valence-electron chi connectivity index (χ2n) is 0.929. The number of aliphatic hydroxyl groups excluding tert-OH is 2. The average Bonchev–Trinajstić information content (AvgIpc) is 1.68. The Hall–Kier alpha value is -0.700. The van der Waals surface area contributed by atoms with Crippen LogP contribution in [0.4, 0.5) is 0 Å². The Kier molecular flexibility index (Phi) is 3.14. The maximum atomic E-state index is 8.34. The molecule has 0 unspecified atom stereocenters. The van der Waals surface area contributed by atoms with Crippen molar-refractivity contribution in [2.24, 2.45) is 0 Å². The lowest BCUT2D eigenvalue weighted by Crippen LogP contribution is -1.84. The molecule has 0 saturated heterocycles. The molecular weight excluding hydrogens is 96.0 g/mol. The van der Waals surface area contributed by atoms with Crippen LogP contribution in [-0.4, -0.2) is 23.9 Å². The van der Waals surface area contributed by atoms with E-state index in [1.165, 1.54) is 7.11 Å². The molecule has 0 atom stereocenters. The standard InChI is InChI=1S/C4H8O3/c1-7-4(6)2-3-5/h2,5-6H,3H2,1H3. The smallest absolute Gasteiger partial charge is 0.274 e. The van der Waals surface area contributed by atoms with Crippen molar-refractivity contribution in [3.05, 3.63) is 12.0 Å². The summed E-state index contributed by atoms with van der Waals surface area (Å²) in [7, 11) is 1.32. The summed E-state index contributed by atoms with van der Waals surface area (Å²) in [4.78, 5) is 0. The van der Waals surface area contributed by atoms with Gasteiger partial charge in [-0.25, -0.2) is 0 Å². The van der Waals surface area contributed by atoms with Crippen molar-refractivity contribution in [2.75, 3.05) is 13.7 Å². The number of hydrogen-bond donors (Lipinski definition) is 2. The maximum Gasteiger partial charge on any atom is 0.274 e. The SMILES string of the molecule is COC(O)=CCO. The Morgan fingerprint density at radius 3 is 2.57 bits per heavy atom. The molecule has 0 amide bonds. The lowest BCUT2D eigenvalue weighted by Gasteiger charge is -1.91. The van der Waals surface area contributed by atoms with Crippen LogP contribution in [0.25, 0.3) is 0 Å². The minimum atomic E-state index is -0.248. The van der Waals surface area contributed by atoms with Gasteiger partial charge in [0.1, 0.15) is 0 Å². The summed E-state index contributed by atoms with van der Waals surface area (Å²) < 4.78 is 4.25. The fourth-order valence-corrected chi connectivity index (χ4v) is 0.161. The molecule has 3 nitrogen and oxygen atoms in total. The average molecular weight is 104 g/mol. The zero-order valence-corrected chi connectivity index (χ0v) is 4.09. The van der Waals surface area contributed by atoms with Crippen molar-refractivity contribution < 1.29 is 14.9 Å². The molecule has 0 aromatic heterocycles. The Balaban J connectivity index is 3.29. The molecule has 0 radical (unpaired) electrons. The minimum Gasteiger partial charge on any atom is -0.481 e. The van der Waals surface area contributed by atoms with Crippen molar-refractivity contribution in [2.45, 2.75) is 0 Å². The number of rotatable bonds is 2.